The van der Waals surface area contributed by atoms with Crippen LogP contribution in [0.5, 0.6) is 0 Å². The van der Waals surface area contributed by atoms with Gasteiger partial charge in [0.05, 0.1) is 23.9 Å². The summed E-state index contributed by atoms with van der Waals surface area (Å²) in [5.74, 6) is -0.236. The third-order valence-electron chi connectivity index (χ3n) is 7.15. The van der Waals surface area contributed by atoms with Crippen molar-refractivity contribution in [2.75, 3.05) is 46.3 Å². The van der Waals surface area contributed by atoms with Crippen LogP contribution in [0.15, 0.2) is 65.9 Å². The standard InChI is InChI=1S/C27H31N5O3/c1-19-8-10-21(11-9-19)25-24-22(29(2)27(35)28-25)17-32(26(24)34)18-23(33)31-14-12-30(13-15-31)16-20-6-4-3-5-7-20/h3-11,25H,12-18H2,1-2H3,(H,28,35). The van der Waals surface area contributed by atoms with Crippen molar-refractivity contribution in [1.82, 2.24) is 24.9 Å². The van der Waals surface area contributed by atoms with Crippen LogP contribution in [-0.2, 0) is 16.1 Å². The van der Waals surface area contributed by atoms with E-state index in [2.05, 4.69) is 22.3 Å². The highest BCUT2D eigenvalue weighted by Gasteiger charge is 2.43. The second kappa shape index (κ2) is 9.54. The Morgan fingerprint density at radius 2 is 1.66 bits per heavy atom. The van der Waals surface area contributed by atoms with Crippen molar-refractivity contribution in [1.29, 1.82) is 0 Å². The van der Waals surface area contributed by atoms with E-state index < -0.39 is 6.04 Å². The Morgan fingerprint density at radius 1 is 0.971 bits per heavy atom. The van der Waals surface area contributed by atoms with Crippen molar-refractivity contribution < 1.29 is 14.4 Å². The van der Waals surface area contributed by atoms with Gasteiger partial charge in [-0.1, -0.05) is 60.2 Å². The number of likely N-dealkylation sites (N-methyl/N-ethyl adjacent to an activating group) is 1. The first kappa shape index (κ1) is 23.1. The van der Waals surface area contributed by atoms with Gasteiger partial charge in [-0.05, 0) is 18.1 Å². The van der Waals surface area contributed by atoms with E-state index in [1.165, 1.54) is 10.5 Å². The van der Waals surface area contributed by atoms with Crippen LogP contribution in [0.4, 0.5) is 4.79 Å². The number of aryl methyl sites for hydroxylation is 1. The van der Waals surface area contributed by atoms with Gasteiger partial charge in [0.2, 0.25) is 5.91 Å². The molecule has 0 saturated carbocycles. The van der Waals surface area contributed by atoms with Gasteiger partial charge in [0.15, 0.2) is 0 Å². The van der Waals surface area contributed by atoms with Gasteiger partial charge in [-0.15, -0.1) is 0 Å². The molecule has 4 amide bonds. The van der Waals surface area contributed by atoms with E-state index in [-0.39, 0.29) is 30.9 Å². The van der Waals surface area contributed by atoms with Crippen LogP contribution in [0.25, 0.3) is 0 Å². The Morgan fingerprint density at radius 3 is 2.34 bits per heavy atom. The molecule has 0 aliphatic carbocycles. The van der Waals surface area contributed by atoms with Gasteiger partial charge in [-0.3, -0.25) is 19.4 Å². The number of carbonyl (C=O) groups excluding carboxylic acids is 3. The lowest BCUT2D eigenvalue weighted by atomic mass is 9.95. The van der Waals surface area contributed by atoms with Gasteiger partial charge in [0, 0.05) is 39.8 Å². The number of nitrogens with one attached hydrogen (secondary N) is 1. The minimum Gasteiger partial charge on any atom is -0.339 e. The molecular formula is C27H31N5O3. The van der Waals surface area contributed by atoms with E-state index in [1.807, 2.05) is 54.3 Å². The first-order valence-electron chi connectivity index (χ1n) is 12.1. The lowest BCUT2D eigenvalue weighted by Crippen LogP contribution is -2.51. The molecule has 1 fully saturated rings. The van der Waals surface area contributed by atoms with E-state index in [9.17, 15) is 14.4 Å². The first-order valence-corrected chi connectivity index (χ1v) is 12.1. The third-order valence-corrected chi connectivity index (χ3v) is 7.15. The van der Waals surface area contributed by atoms with Gasteiger partial charge in [-0.25, -0.2) is 4.79 Å². The van der Waals surface area contributed by atoms with Crippen molar-refractivity contribution in [2.24, 2.45) is 0 Å². The molecule has 2 aromatic carbocycles. The number of nitrogens with zero attached hydrogens (tertiary/aromatic N) is 4. The van der Waals surface area contributed by atoms with Gasteiger partial charge in [0.25, 0.3) is 5.91 Å². The van der Waals surface area contributed by atoms with Crippen molar-refractivity contribution >= 4 is 17.8 Å². The normalized spacial score (nSPS) is 20.9. The molecular weight excluding hydrogens is 442 g/mol. The summed E-state index contributed by atoms with van der Waals surface area (Å²) in [5.41, 5.74) is 4.46. The monoisotopic (exact) mass is 473 g/mol. The van der Waals surface area contributed by atoms with E-state index in [1.54, 1.807) is 11.9 Å². The highest BCUT2D eigenvalue weighted by molar-refractivity contribution is 6.02. The molecule has 1 N–H and O–H groups in total. The second-order valence-corrected chi connectivity index (χ2v) is 9.52. The summed E-state index contributed by atoms with van der Waals surface area (Å²) in [6.07, 6.45) is 0. The van der Waals surface area contributed by atoms with Crippen molar-refractivity contribution in [3.05, 3.63) is 82.6 Å². The van der Waals surface area contributed by atoms with Crippen LogP contribution in [0.2, 0.25) is 0 Å². The zero-order valence-electron chi connectivity index (χ0n) is 20.2. The number of benzene rings is 2. The van der Waals surface area contributed by atoms with Gasteiger partial charge >= 0.3 is 6.03 Å². The molecule has 0 aromatic heterocycles. The quantitative estimate of drug-likeness (QED) is 0.722. The fourth-order valence-corrected chi connectivity index (χ4v) is 5.02. The number of rotatable bonds is 5. The van der Waals surface area contributed by atoms with E-state index in [0.717, 1.165) is 30.8 Å². The maximum Gasteiger partial charge on any atom is 0.322 e. The molecule has 35 heavy (non-hydrogen) atoms. The minimum absolute atomic E-state index is 0.0210. The molecule has 1 atom stereocenters. The molecule has 8 nitrogen and oxygen atoms in total. The van der Waals surface area contributed by atoms with Gasteiger partial charge in [0.1, 0.15) is 6.54 Å². The zero-order valence-corrected chi connectivity index (χ0v) is 20.2. The Labute approximate surface area is 205 Å². The second-order valence-electron chi connectivity index (χ2n) is 9.52. The molecule has 5 rings (SSSR count). The molecule has 182 valence electrons. The van der Waals surface area contributed by atoms with Crippen LogP contribution in [0.1, 0.15) is 22.7 Å². The van der Waals surface area contributed by atoms with E-state index in [0.29, 0.717) is 24.4 Å². The summed E-state index contributed by atoms with van der Waals surface area (Å²) < 4.78 is 0. The molecule has 8 heteroatoms. The molecule has 1 saturated heterocycles. The molecule has 0 radical (unpaired) electrons. The van der Waals surface area contributed by atoms with Crippen LogP contribution >= 0.6 is 0 Å². The average molecular weight is 474 g/mol. The molecule has 3 aliphatic rings. The summed E-state index contributed by atoms with van der Waals surface area (Å²) >= 11 is 0. The number of urea groups is 1. The van der Waals surface area contributed by atoms with Crippen molar-refractivity contribution in [2.45, 2.75) is 19.5 Å². The Bertz CT molecular complexity index is 1150. The van der Waals surface area contributed by atoms with Crippen LogP contribution in [-0.4, -0.2) is 83.8 Å². The topological polar surface area (TPSA) is 76.2 Å². The average Bonchev–Trinajstić information content (AvgIpc) is 3.19. The molecule has 3 aliphatic heterocycles. The highest BCUT2D eigenvalue weighted by Crippen LogP contribution is 2.35. The van der Waals surface area contributed by atoms with Crippen LogP contribution in [0, 0.1) is 6.92 Å². The Hall–Kier alpha value is -3.65. The predicted molar refractivity (Wildman–Crippen MR) is 132 cm³/mol. The minimum atomic E-state index is -0.511. The van der Waals surface area contributed by atoms with Crippen LogP contribution < -0.4 is 5.32 Å². The summed E-state index contributed by atoms with van der Waals surface area (Å²) in [4.78, 5) is 46.4. The number of hydrogen-bond acceptors (Lipinski definition) is 4. The lowest BCUT2D eigenvalue weighted by Gasteiger charge is -2.35. The summed E-state index contributed by atoms with van der Waals surface area (Å²) in [7, 11) is 1.67. The first-order chi connectivity index (χ1) is 16.9. The fourth-order valence-electron chi connectivity index (χ4n) is 5.02. The Balaban J connectivity index is 1.23. The molecule has 2 aromatic rings. The largest absolute Gasteiger partial charge is 0.339 e. The number of amides is 4. The number of piperazine rings is 1. The van der Waals surface area contributed by atoms with Crippen molar-refractivity contribution in [3.63, 3.8) is 0 Å². The highest BCUT2D eigenvalue weighted by atomic mass is 16.2. The van der Waals surface area contributed by atoms with Gasteiger partial charge < -0.3 is 15.1 Å². The third kappa shape index (κ3) is 4.66. The number of carbonyl (C=O) groups is 3. The SMILES string of the molecule is Cc1ccc(C2NC(=O)N(C)C3=C2C(=O)N(CC(=O)N2CCN(Cc4ccccc4)CC2)C3)cc1. The molecule has 3 heterocycles. The molecule has 0 bridgehead atoms. The molecule has 0 spiro atoms. The zero-order chi connectivity index (χ0) is 24.5. The summed E-state index contributed by atoms with van der Waals surface area (Å²) in [5, 5.41) is 2.95. The maximum atomic E-state index is 13.4. The van der Waals surface area contributed by atoms with Gasteiger partial charge in [-0.2, -0.15) is 0 Å². The predicted octanol–water partition coefficient (Wildman–Crippen LogP) is 2.13. The Kier molecular flexibility index (Phi) is 6.30. The number of hydrogen-bond donors (Lipinski definition) is 1. The smallest absolute Gasteiger partial charge is 0.322 e. The van der Waals surface area contributed by atoms with Crippen molar-refractivity contribution in [3.8, 4) is 0 Å². The summed E-state index contributed by atoms with van der Waals surface area (Å²) in [6.45, 7) is 6.06. The van der Waals surface area contributed by atoms with Crippen LogP contribution in [0.3, 0.4) is 0 Å². The van der Waals surface area contributed by atoms with E-state index >= 15 is 0 Å². The maximum absolute atomic E-state index is 13.4. The van der Waals surface area contributed by atoms with E-state index in [4.69, 9.17) is 0 Å². The summed E-state index contributed by atoms with van der Waals surface area (Å²) in [6, 6.07) is 17.4. The fraction of sp³-hybridized carbons (Fsp3) is 0.370. The lowest BCUT2D eigenvalue weighted by molar-refractivity contribution is -0.139. The molecule has 1 unspecified atom stereocenters.